The van der Waals surface area contributed by atoms with Crippen LogP contribution in [0.15, 0.2) is 0 Å². The quantitative estimate of drug-likeness (QED) is 0.169. The Balaban J connectivity index is 4.72. The molecule has 0 radical (unpaired) electrons. The molecule has 2 amide bonds. The van der Waals surface area contributed by atoms with E-state index in [2.05, 4.69) is 10.6 Å². The second-order valence-corrected chi connectivity index (χ2v) is 6.39. The molecule has 26 heavy (non-hydrogen) atoms. The van der Waals surface area contributed by atoms with Gasteiger partial charge in [0.15, 0.2) is 6.10 Å². The highest BCUT2D eigenvalue weighted by Gasteiger charge is 2.36. The molecule has 0 bridgehead atoms. The molecule has 0 aromatic rings. The van der Waals surface area contributed by atoms with Crippen LogP contribution in [-0.4, -0.2) is 86.9 Å². The summed E-state index contributed by atoms with van der Waals surface area (Å²) in [5, 5.41) is 51.8. The number of amides is 2. The summed E-state index contributed by atoms with van der Waals surface area (Å²) in [7, 11) is 0. The molecule has 0 saturated carbocycles. The van der Waals surface area contributed by atoms with E-state index in [1.165, 1.54) is 0 Å². The van der Waals surface area contributed by atoms with Gasteiger partial charge in [0, 0.05) is 6.54 Å². The van der Waals surface area contributed by atoms with Gasteiger partial charge < -0.3 is 41.9 Å². The molecule has 5 atom stereocenters. The Labute approximate surface area is 151 Å². The van der Waals surface area contributed by atoms with Crippen molar-refractivity contribution < 1.29 is 39.9 Å². The summed E-state index contributed by atoms with van der Waals surface area (Å²) in [4.78, 5) is 33.9. The second kappa shape index (κ2) is 11.8. The molecule has 0 spiro atoms. The third-order valence-electron chi connectivity index (χ3n) is 3.58. The largest absolute Gasteiger partial charge is 0.481 e. The normalized spacial score (nSPS) is 17.1. The van der Waals surface area contributed by atoms with Crippen LogP contribution in [0, 0.1) is 5.92 Å². The van der Waals surface area contributed by atoms with E-state index in [0.717, 1.165) is 0 Å². The van der Waals surface area contributed by atoms with Crippen LogP contribution in [0.25, 0.3) is 0 Å². The van der Waals surface area contributed by atoms with E-state index in [4.69, 9.17) is 10.8 Å². The average molecular weight is 379 g/mol. The zero-order chi connectivity index (χ0) is 20.4. The van der Waals surface area contributed by atoms with Crippen molar-refractivity contribution in [3.63, 3.8) is 0 Å². The molecule has 0 aliphatic carbocycles. The number of nitrogens with two attached hydrogens (primary N) is 1. The molecule has 0 aromatic heterocycles. The zero-order valence-corrected chi connectivity index (χ0v) is 14.8. The van der Waals surface area contributed by atoms with E-state index < -0.39 is 54.8 Å². The lowest BCUT2D eigenvalue weighted by Gasteiger charge is -2.29. The fraction of sp³-hybridized carbons (Fsp3) is 0.800. The predicted molar refractivity (Wildman–Crippen MR) is 89.7 cm³/mol. The summed E-state index contributed by atoms with van der Waals surface area (Å²) < 4.78 is 0. The number of aliphatic hydroxyl groups is 4. The number of carbonyl (C=O) groups excluding carboxylic acids is 2. The predicted octanol–water partition coefficient (Wildman–Crippen LogP) is -3.49. The molecule has 0 heterocycles. The fourth-order valence-electron chi connectivity index (χ4n) is 2.12. The van der Waals surface area contributed by atoms with Gasteiger partial charge in [0.1, 0.15) is 12.2 Å². The van der Waals surface area contributed by atoms with Gasteiger partial charge in [0.05, 0.1) is 25.1 Å². The summed E-state index contributed by atoms with van der Waals surface area (Å²) in [6, 6.07) is -2.25. The van der Waals surface area contributed by atoms with E-state index in [0.29, 0.717) is 6.42 Å². The van der Waals surface area contributed by atoms with Crippen molar-refractivity contribution in [1.82, 2.24) is 10.6 Å². The first-order valence-corrected chi connectivity index (χ1v) is 8.21. The molecule has 0 aliphatic rings. The van der Waals surface area contributed by atoms with Crippen molar-refractivity contribution in [2.45, 2.75) is 57.1 Å². The van der Waals surface area contributed by atoms with Crippen LogP contribution < -0.4 is 16.4 Å². The maximum atomic E-state index is 11.9. The first kappa shape index (κ1) is 24.2. The van der Waals surface area contributed by atoms with Crippen molar-refractivity contribution in [2.75, 3.05) is 13.2 Å². The summed E-state index contributed by atoms with van der Waals surface area (Å²) in [5.74, 6) is -2.79. The standard InChI is InChI=1S/C15H29N3O8/c1-7(2)5-8(16)14(25)18-9(6-19)11(22)12(23)13(24)15(26)17-4-3-10(20)21/h7-9,11-13,19,22-24H,3-6,16H2,1-2H3,(H,17,26)(H,18,25)(H,20,21)/t8-,9-,11+,12+,13-/m0/s1. The lowest BCUT2D eigenvalue weighted by atomic mass is 9.99. The number of carbonyl (C=O) groups is 3. The van der Waals surface area contributed by atoms with E-state index in [-0.39, 0.29) is 18.9 Å². The molecule has 0 rings (SSSR count). The summed E-state index contributed by atoms with van der Waals surface area (Å²) in [5.41, 5.74) is 5.69. The van der Waals surface area contributed by atoms with Crippen molar-refractivity contribution in [3.05, 3.63) is 0 Å². The number of hydrogen-bond donors (Lipinski definition) is 8. The molecule has 9 N–H and O–H groups in total. The highest BCUT2D eigenvalue weighted by Crippen LogP contribution is 2.08. The topological polar surface area (TPSA) is 202 Å². The number of aliphatic hydroxyl groups excluding tert-OH is 4. The van der Waals surface area contributed by atoms with Gasteiger partial charge in [-0.05, 0) is 12.3 Å². The summed E-state index contributed by atoms with van der Waals surface area (Å²) >= 11 is 0. The van der Waals surface area contributed by atoms with Crippen LogP contribution in [0.5, 0.6) is 0 Å². The molecule has 0 saturated heterocycles. The zero-order valence-electron chi connectivity index (χ0n) is 14.8. The van der Waals surface area contributed by atoms with Crippen LogP contribution >= 0.6 is 0 Å². The number of carboxylic acids is 1. The van der Waals surface area contributed by atoms with Gasteiger partial charge in [-0.15, -0.1) is 0 Å². The van der Waals surface area contributed by atoms with Gasteiger partial charge in [0.25, 0.3) is 5.91 Å². The molecular formula is C15H29N3O8. The number of nitrogens with one attached hydrogen (secondary N) is 2. The minimum atomic E-state index is -2.09. The maximum Gasteiger partial charge on any atom is 0.305 e. The van der Waals surface area contributed by atoms with Crippen LogP contribution in [0.1, 0.15) is 26.7 Å². The van der Waals surface area contributed by atoms with Crippen LogP contribution in [0.3, 0.4) is 0 Å². The van der Waals surface area contributed by atoms with Crippen molar-refractivity contribution in [3.8, 4) is 0 Å². The molecule has 11 nitrogen and oxygen atoms in total. The SMILES string of the molecule is CC(C)C[C@H](N)C(=O)N[C@@H](CO)[C@@H](O)[C@@H](O)[C@H](O)C(=O)NCCC(=O)O. The molecule has 152 valence electrons. The third kappa shape index (κ3) is 8.54. The second-order valence-electron chi connectivity index (χ2n) is 6.39. The van der Waals surface area contributed by atoms with Gasteiger partial charge in [-0.2, -0.15) is 0 Å². The van der Waals surface area contributed by atoms with E-state index >= 15 is 0 Å². The first-order valence-electron chi connectivity index (χ1n) is 8.21. The monoisotopic (exact) mass is 379 g/mol. The van der Waals surface area contributed by atoms with Crippen molar-refractivity contribution in [1.29, 1.82) is 0 Å². The Morgan fingerprint density at radius 2 is 1.62 bits per heavy atom. The Morgan fingerprint density at radius 1 is 1.04 bits per heavy atom. The molecule has 0 unspecified atom stereocenters. The highest BCUT2D eigenvalue weighted by atomic mass is 16.4. The van der Waals surface area contributed by atoms with Crippen molar-refractivity contribution >= 4 is 17.8 Å². The average Bonchev–Trinajstić information content (AvgIpc) is 2.56. The first-order chi connectivity index (χ1) is 12.0. The van der Waals surface area contributed by atoms with Crippen LogP contribution in [0.4, 0.5) is 0 Å². The lowest BCUT2D eigenvalue weighted by molar-refractivity contribution is -0.143. The molecule has 0 aromatic carbocycles. The van der Waals surface area contributed by atoms with Gasteiger partial charge >= 0.3 is 5.97 Å². The lowest BCUT2D eigenvalue weighted by Crippen LogP contribution is -2.58. The van der Waals surface area contributed by atoms with Crippen molar-refractivity contribution in [2.24, 2.45) is 11.7 Å². The van der Waals surface area contributed by atoms with Gasteiger partial charge in [-0.1, -0.05) is 13.8 Å². The van der Waals surface area contributed by atoms with E-state index in [1.807, 2.05) is 13.8 Å². The van der Waals surface area contributed by atoms with E-state index in [9.17, 15) is 34.8 Å². The Hall–Kier alpha value is -1.79. The Morgan fingerprint density at radius 3 is 2.08 bits per heavy atom. The smallest absolute Gasteiger partial charge is 0.305 e. The summed E-state index contributed by atoms with van der Waals surface area (Å²) in [6.07, 6.45) is -6.01. The summed E-state index contributed by atoms with van der Waals surface area (Å²) in [6.45, 7) is 2.66. The number of aliphatic carboxylic acids is 1. The van der Waals surface area contributed by atoms with Crippen LogP contribution in [0.2, 0.25) is 0 Å². The Bertz CT molecular complexity index is 474. The maximum absolute atomic E-state index is 11.9. The minimum Gasteiger partial charge on any atom is -0.481 e. The minimum absolute atomic E-state index is 0.134. The fourth-order valence-corrected chi connectivity index (χ4v) is 2.12. The van der Waals surface area contributed by atoms with E-state index in [1.54, 1.807) is 0 Å². The number of hydrogen-bond acceptors (Lipinski definition) is 8. The van der Waals surface area contributed by atoms with Gasteiger partial charge in [-0.25, -0.2) is 0 Å². The highest BCUT2D eigenvalue weighted by molar-refractivity contribution is 5.82. The molecule has 0 aliphatic heterocycles. The molecule has 11 heteroatoms. The third-order valence-corrected chi connectivity index (χ3v) is 3.58. The van der Waals surface area contributed by atoms with Gasteiger partial charge in [-0.3, -0.25) is 14.4 Å². The Kier molecular flexibility index (Phi) is 10.9. The number of carboxylic acid groups (broad SMARTS) is 1. The van der Waals surface area contributed by atoms with Gasteiger partial charge in [0.2, 0.25) is 5.91 Å². The van der Waals surface area contributed by atoms with Crippen LogP contribution in [-0.2, 0) is 14.4 Å². The molecular weight excluding hydrogens is 350 g/mol. The molecule has 0 fully saturated rings. The number of rotatable bonds is 12.